The fraction of sp³-hybridized carbons (Fsp3) is 0.250. The summed E-state index contributed by atoms with van der Waals surface area (Å²) in [5.74, 6) is -0.856. The molecule has 0 atom stereocenters. The Morgan fingerprint density at radius 3 is 2.29 bits per heavy atom. The molecule has 2 aromatic rings. The molecule has 0 saturated carbocycles. The van der Waals surface area contributed by atoms with E-state index in [-0.39, 0.29) is 12.5 Å². The molecule has 0 aliphatic carbocycles. The van der Waals surface area contributed by atoms with Crippen molar-refractivity contribution >= 4 is 23.2 Å². The highest BCUT2D eigenvalue weighted by Crippen LogP contribution is 2.29. The number of ether oxygens (including phenoxy) is 1. The van der Waals surface area contributed by atoms with Crippen LogP contribution in [0.25, 0.3) is 0 Å². The molecule has 1 N–H and O–H groups in total. The maximum Gasteiger partial charge on any atom is 0.416 e. The number of alkyl halides is 3. The second kappa shape index (κ2) is 7.48. The van der Waals surface area contributed by atoms with E-state index >= 15 is 0 Å². The van der Waals surface area contributed by atoms with Gasteiger partial charge in [0.15, 0.2) is 0 Å². The number of benzene rings is 1. The van der Waals surface area contributed by atoms with Gasteiger partial charge in [0.25, 0.3) is 5.91 Å². The average Bonchev–Trinajstić information content (AvgIpc) is 3.04. The lowest BCUT2D eigenvalue weighted by Gasteiger charge is -2.08. The van der Waals surface area contributed by atoms with Crippen molar-refractivity contribution in [3.63, 3.8) is 0 Å². The van der Waals surface area contributed by atoms with Gasteiger partial charge in [-0.05, 0) is 36.2 Å². The number of carbonyl (C=O) groups is 2. The number of esters is 1. The third-order valence-electron chi connectivity index (χ3n) is 3.20. The fourth-order valence-corrected chi connectivity index (χ4v) is 2.78. The van der Waals surface area contributed by atoms with Crippen LogP contribution in [0, 0.1) is 0 Å². The molecule has 0 fully saturated rings. The van der Waals surface area contributed by atoms with E-state index in [1.807, 2.05) is 0 Å². The summed E-state index contributed by atoms with van der Waals surface area (Å²) in [6.45, 7) is 0.273. The van der Waals surface area contributed by atoms with Crippen molar-refractivity contribution in [3.05, 3.63) is 57.3 Å². The normalized spacial score (nSPS) is 11.2. The predicted octanol–water partition coefficient (Wildman–Crippen LogP) is 3.53. The quantitative estimate of drug-likeness (QED) is 0.833. The Labute approximate surface area is 140 Å². The summed E-state index contributed by atoms with van der Waals surface area (Å²) in [5, 5.41) is 2.66. The number of nitrogens with one attached hydrogen (secondary N) is 1. The Morgan fingerprint density at radius 2 is 1.71 bits per heavy atom. The molecular weight excluding hydrogens is 343 g/mol. The van der Waals surface area contributed by atoms with E-state index in [1.165, 1.54) is 31.4 Å². The summed E-state index contributed by atoms with van der Waals surface area (Å²) < 4.78 is 41.9. The molecule has 1 amide bonds. The van der Waals surface area contributed by atoms with Gasteiger partial charge in [-0.25, -0.2) is 4.79 Å². The predicted molar refractivity (Wildman–Crippen MR) is 83.1 cm³/mol. The highest BCUT2D eigenvalue weighted by molar-refractivity contribution is 7.15. The molecule has 0 spiro atoms. The summed E-state index contributed by atoms with van der Waals surface area (Å²) in [5.41, 5.74) is -0.0195. The fourth-order valence-electron chi connectivity index (χ4n) is 1.94. The standard InChI is InChI=1S/C16H14F3NO3S/c1-23-15(22)13-7-6-12(24-13)14(21)20-9-8-10-2-4-11(5-3-10)16(17,18)19/h2-7H,8-9H2,1H3,(H,20,21). The topological polar surface area (TPSA) is 55.4 Å². The molecule has 2 rings (SSSR count). The van der Waals surface area contributed by atoms with Gasteiger partial charge < -0.3 is 10.1 Å². The smallest absolute Gasteiger partial charge is 0.416 e. The maximum atomic E-state index is 12.5. The van der Waals surface area contributed by atoms with Gasteiger partial charge in [-0.15, -0.1) is 11.3 Å². The Hall–Kier alpha value is -2.35. The monoisotopic (exact) mass is 357 g/mol. The lowest BCUT2D eigenvalue weighted by Crippen LogP contribution is -2.24. The molecule has 1 aromatic heterocycles. The zero-order valence-corrected chi connectivity index (χ0v) is 13.5. The van der Waals surface area contributed by atoms with Gasteiger partial charge in [0, 0.05) is 6.54 Å². The zero-order chi connectivity index (χ0) is 17.7. The summed E-state index contributed by atoms with van der Waals surface area (Å²) in [7, 11) is 1.26. The van der Waals surface area contributed by atoms with E-state index in [4.69, 9.17) is 0 Å². The third-order valence-corrected chi connectivity index (χ3v) is 4.26. The van der Waals surface area contributed by atoms with Crippen molar-refractivity contribution in [2.45, 2.75) is 12.6 Å². The number of methoxy groups -OCH3 is 1. The second-order valence-corrected chi connectivity index (χ2v) is 5.94. The van der Waals surface area contributed by atoms with Crippen LogP contribution in [-0.2, 0) is 17.3 Å². The number of rotatable bonds is 5. The zero-order valence-electron chi connectivity index (χ0n) is 12.6. The molecule has 0 radical (unpaired) electrons. The number of carbonyl (C=O) groups excluding carboxylic acids is 2. The molecule has 0 unspecified atom stereocenters. The van der Waals surface area contributed by atoms with Gasteiger partial charge in [0.05, 0.1) is 17.6 Å². The molecule has 0 aliphatic heterocycles. The van der Waals surface area contributed by atoms with Gasteiger partial charge in [-0.1, -0.05) is 12.1 Å². The highest BCUT2D eigenvalue weighted by Gasteiger charge is 2.29. The Kier molecular flexibility index (Phi) is 5.61. The van der Waals surface area contributed by atoms with Crippen LogP contribution in [0.4, 0.5) is 13.2 Å². The lowest BCUT2D eigenvalue weighted by molar-refractivity contribution is -0.137. The number of hydrogen-bond donors (Lipinski definition) is 1. The van der Waals surface area contributed by atoms with Crippen LogP contribution >= 0.6 is 11.3 Å². The van der Waals surface area contributed by atoms with Gasteiger partial charge in [0.1, 0.15) is 4.88 Å². The van der Waals surface area contributed by atoms with E-state index < -0.39 is 17.7 Å². The molecular formula is C16H14F3NO3S. The largest absolute Gasteiger partial charge is 0.465 e. The number of thiophene rings is 1. The first kappa shape index (κ1) is 18.0. The number of amides is 1. The van der Waals surface area contributed by atoms with Crippen molar-refractivity contribution < 1.29 is 27.5 Å². The van der Waals surface area contributed by atoms with Gasteiger partial charge in [0.2, 0.25) is 0 Å². The van der Waals surface area contributed by atoms with Crippen LogP contribution in [0.2, 0.25) is 0 Å². The SMILES string of the molecule is COC(=O)c1ccc(C(=O)NCCc2ccc(C(F)(F)F)cc2)s1. The lowest BCUT2D eigenvalue weighted by atomic mass is 10.1. The van der Waals surface area contributed by atoms with E-state index in [2.05, 4.69) is 10.1 Å². The number of hydrogen-bond acceptors (Lipinski definition) is 4. The van der Waals surface area contributed by atoms with E-state index in [1.54, 1.807) is 0 Å². The molecule has 4 nitrogen and oxygen atoms in total. The average molecular weight is 357 g/mol. The van der Waals surface area contributed by atoms with Gasteiger partial charge >= 0.3 is 12.1 Å². The molecule has 1 heterocycles. The van der Waals surface area contributed by atoms with Crippen LogP contribution in [0.15, 0.2) is 36.4 Å². The summed E-state index contributed by atoms with van der Waals surface area (Å²) >= 11 is 1.01. The summed E-state index contributed by atoms with van der Waals surface area (Å²) in [6, 6.07) is 7.81. The molecule has 1 aromatic carbocycles. The molecule has 24 heavy (non-hydrogen) atoms. The third kappa shape index (κ3) is 4.58. The van der Waals surface area contributed by atoms with Crippen molar-refractivity contribution in [2.75, 3.05) is 13.7 Å². The maximum absolute atomic E-state index is 12.5. The Balaban J connectivity index is 1.86. The summed E-state index contributed by atoms with van der Waals surface area (Å²) in [6.07, 6.45) is -3.96. The van der Waals surface area contributed by atoms with Gasteiger partial charge in [-0.3, -0.25) is 4.79 Å². The van der Waals surface area contributed by atoms with Crippen LogP contribution < -0.4 is 5.32 Å². The molecule has 8 heteroatoms. The van der Waals surface area contributed by atoms with Crippen LogP contribution in [0.1, 0.15) is 30.5 Å². The Morgan fingerprint density at radius 1 is 1.08 bits per heavy atom. The van der Waals surface area contributed by atoms with Crippen molar-refractivity contribution in [1.82, 2.24) is 5.32 Å². The van der Waals surface area contributed by atoms with Crippen LogP contribution in [-0.4, -0.2) is 25.5 Å². The Bertz CT molecular complexity index is 723. The second-order valence-electron chi connectivity index (χ2n) is 4.86. The first-order valence-electron chi connectivity index (χ1n) is 6.93. The van der Waals surface area contributed by atoms with Crippen molar-refractivity contribution in [3.8, 4) is 0 Å². The first-order valence-corrected chi connectivity index (χ1v) is 7.75. The van der Waals surface area contributed by atoms with Crippen molar-refractivity contribution in [1.29, 1.82) is 0 Å². The van der Waals surface area contributed by atoms with Crippen LogP contribution in [0.5, 0.6) is 0 Å². The molecule has 0 saturated heterocycles. The summed E-state index contributed by atoms with van der Waals surface area (Å²) in [4.78, 5) is 24.0. The van der Waals surface area contributed by atoms with Crippen LogP contribution in [0.3, 0.4) is 0 Å². The minimum Gasteiger partial charge on any atom is -0.465 e. The minimum absolute atomic E-state index is 0.273. The van der Waals surface area contributed by atoms with E-state index in [0.717, 1.165) is 23.5 Å². The van der Waals surface area contributed by atoms with E-state index in [0.29, 0.717) is 21.7 Å². The molecule has 0 bridgehead atoms. The minimum atomic E-state index is -4.36. The molecule has 128 valence electrons. The molecule has 0 aliphatic rings. The van der Waals surface area contributed by atoms with Gasteiger partial charge in [-0.2, -0.15) is 13.2 Å². The highest BCUT2D eigenvalue weighted by atomic mass is 32.1. The first-order chi connectivity index (χ1) is 11.3. The van der Waals surface area contributed by atoms with Crippen molar-refractivity contribution in [2.24, 2.45) is 0 Å². The van der Waals surface area contributed by atoms with E-state index in [9.17, 15) is 22.8 Å². The number of halogens is 3.